The van der Waals surface area contributed by atoms with Crippen LogP contribution in [0.3, 0.4) is 0 Å². The normalized spacial score (nSPS) is 8.00. The molecule has 1 N–H and O–H groups in total. The Hall–Kier alpha value is -0.226. The number of hydrogen-bond donors (Lipinski definition) is 1. The van der Waals surface area contributed by atoms with Crippen molar-refractivity contribution in [3.05, 3.63) is 35.4 Å². The Bertz CT molecular complexity index is 250. The van der Waals surface area contributed by atoms with Crippen LogP contribution in [0.25, 0.3) is 0 Å². The summed E-state index contributed by atoms with van der Waals surface area (Å²) in [4.78, 5) is 0. The third kappa shape index (κ3) is 3.11. The van der Waals surface area contributed by atoms with E-state index in [-0.39, 0.29) is 39.3 Å². The van der Waals surface area contributed by atoms with Crippen LogP contribution in [0.2, 0.25) is 0 Å². The van der Waals surface area contributed by atoms with E-state index in [9.17, 15) is 0 Å². The predicted octanol–water partition coefficient (Wildman–Crippen LogP) is 1.05. The second kappa shape index (κ2) is 5.43. The largest absolute Gasteiger partial charge is 0.392 e. The molecule has 0 saturated heterocycles. The smallest absolute Gasteiger partial charge is 0.0991 e. The number of benzene rings is 1. The topological polar surface area (TPSA) is 44.0 Å². The summed E-state index contributed by atoms with van der Waals surface area (Å²) >= 11 is 0. The van der Waals surface area contributed by atoms with Crippen LogP contribution in [0, 0.1) is 11.3 Å². The number of aliphatic hydroxyl groups excluding tert-OH is 1. The molecule has 0 spiro atoms. The van der Waals surface area contributed by atoms with Gasteiger partial charge in [0, 0.05) is 32.7 Å². The molecule has 0 heterocycles. The molecule has 1 aromatic carbocycles. The van der Waals surface area contributed by atoms with Gasteiger partial charge < -0.3 is 5.11 Å². The molecule has 11 heavy (non-hydrogen) atoms. The van der Waals surface area contributed by atoms with Crippen LogP contribution in [0.5, 0.6) is 0 Å². The predicted molar refractivity (Wildman–Crippen MR) is 37.1 cm³/mol. The first-order valence-corrected chi connectivity index (χ1v) is 2.96. The van der Waals surface area contributed by atoms with E-state index in [4.69, 9.17) is 10.4 Å². The Morgan fingerprint density at radius 2 is 1.82 bits per heavy atom. The van der Waals surface area contributed by atoms with Crippen molar-refractivity contribution in [1.82, 2.24) is 0 Å². The molecule has 0 aromatic heterocycles. The standard InChI is InChI=1S/C8H7NO.Y/c9-5-7-1-3-8(6-10)4-2-7;/h1-4,10H,6H2;. The minimum atomic E-state index is 0. The monoisotopic (exact) mass is 222 g/mol. The first-order valence-electron chi connectivity index (χ1n) is 2.96. The van der Waals surface area contributed by atoms with Crippen LogP contribution in [-0.2, 0) is 39.3 Å². The van der Waals surface area contributed by atoms with Crippen LogP contribution in [0.1, 0.15) is 11.1 Å². The molecule has 0 unspecified atom stereocenters. The van der Waals surface area contributed by atoms with E-state index in [1.165, 1.54) is 0 Å². The summed E-state index contributed by atoms with van der Waals surface area (Å²) in [6.07, 6.45) is 0. The molecule has 3 heteroatoms. The molecular weight excluding hydrogens is 215 g/mol. The fourth-order valence-corrected chi connectivity index (χ4v) is 0.685. The molecule has 53 valence electrons. The van der Waals surface area contributed by atoms with E-state index >= 15 is 0 Å². The Morgan fingerprint density at radius 1 is 1.27 bits per heavy atom. The first-order chi connectivity index (χ1) is 4.86. The molecule has 1 rings (SSSR count). The second-order valence-corrected chi connectivity index (χ2v) is 1.97. The average Bonchev–Trinajstić information content (AvgIpc) is 2.05. The zero-order valence-electron chi connectivity index (χ0n) is 5.99. The van der Waals surface area contributed by atoms with Crippen molar-refractivity contribution < 1.29 is 37.8 Å². The summed E-state index contributed by atoms with van der Waals surface area (Å²) in [6, 6.07) is 8.84. The SMILES string of the molecule is N#Cc1ccc(CO)cc1.[Y]. The summed E-state index contributed by atoms with van der Waals surface area (Å²) in [6.45, 7) is 0.0334. The van der Waals surface area contributed by atoms with Crippen molar-refractivity contribution in [2.45, 2.75) is 6.61 Å². The summed E-state index contributed by atoms with van der Waals surface area (Å²) in [5.41, 5.74) is 1.45. The van der Waals surface area contributed by atoms with Gasteiger partial charge in [0.15, 0.2) is 0 Å². The molecule has 1 aromatic rings. The number of aliphatic hydroxyl groups is 1. The summed E-state index contributed by atoms with van der Waals surface area (Å²) in [5, 5.41) is 17.0. The van der Waals surface area contributed by atoms with Gasteiger partial charge in [-0.05, 0) is 17.7 Å². The Kier molecular flexibility index (Phi) is 5.32. The van der Waals surface area contributed by atoms with E-state index in [1.807, 2.05) is 6.07 Å². The molecule has 0 saturated carbocycles. The summed E-state index contributed by atoms with van der Waals surface area (Å²) in [5.74, 6) is 0. The van der Waals surface area contributed by atoms with Crippen LogP contribution < -0.4 is 0 Å². The van der Waals surface area contributed by atoms with Crippen LogP contribution in [0.15, 0.2) is 24.3 Å². The average molecular weight is 222 g/mol. The fourth-order valence-electron chi connectivity index (χ4n) is 0.685. The van der Waals surface area contributed by atoms with Gasteiger partial charge in [-0.15, -0.1) is 0 Å². The van der Waals surface area contributed by atoms with Crippen LogP contribution in [-0.4, -0.2) is 5.11 Å². The maximum absolute atomic E-state index is 8.62. The molecule has 0 amide bonds. The van der Waals surface area contributed by atoms with E-state index in [0.29, 0.717) is 5.56 Å². The summed E-state index contributed by atoms with van der Waals surface area (Å²) < 4.78 is 0. The van der Waals surface area contributed by atoms with E-state index in [2.05, 4.69) is 0 Å². The number of nitrogens with zero attached hydrogens (tertiary/aromatic N) is 1. The molecular formula is C8H7NOY. The van der Waals surface area contributed by atoms with Crippen LogP contribution >= 0.6 is 0 Å². The fraction of sp³-hybridized carbons (Fsp3) is 0.125. The summed E-state index contributed by atoms with van der Waals surface area (Å²) in [7, 11) is 0. The van der Waals surface area contributed by atoms with E-state index < -0.39 is 0 Å². The van der Waals surface area contributed by atoms with Crippen molar-refractivity contribution in [2.75, 3.05) is 0 Å². The van der Waals surface area contributed by atoms with Gasteiger partial charge in [0.25, 0.3) is 0 Å². The van der Waals surface area contributed by atoms with Crippen molar-refractivity contribution >= 4 is 0 Å². The third-order valence-corrected chi connectivity index (χ3v) is 1.27. The van der Waals surface area contributed by atoms with E-state index in [0.717, 1.165) is 5.56 Å². The quantitative estimate of drug-likeness (QED) is 0.771. The van der Waals surface area contributed by atoms with Gasteiger partial charge in [-0.1, -0.05) is 12.1 Å². The van der Waals surface area contributed by atoms with Gasteiger partial charge in [-0.2, -0.15) is 5.26 Å². The van der Waals surface area contributed by atoms with Crippen molar-refractivity contribution in [2.24, 2.45) is 0 Å². The first kappa shape index (κ1) is 10.8. The maximum atomic E-state index is 8.62. The molecule has 0 bridgehead atoms. The third-order valence-electron chi connectivity index (χ3n) is 1.27. The molecule has 2 nitrogen and oxygen atoms in total. The van der Waals surface area contributed by atoms with Gasteiger partial charge in [-0.3, -0.25) is 0 Å². The minimum absolute atomic E-state index is 0. The number of nitriles is 1. The molecule has 0 fully saturated rings. The second-order valence-electron chi connectivity index (χ2n) is 1.97. The Morgan fingerprint density at radius 3 is 2.18 bits per heavy atom. The molecule has 1 radical (unpaired) electrons. The van der Waals surface area contributed by atoms with Crippen molar-refractivity contribution in [3.8, 4) is 6.07 Å². The van der Waals surface area contributed by atoms with Crippen molar-refractivity contribution in [3.63, 3.8) is 0 Å². The van der Waals surface area contributed by atoms with Gasteiger partial charge in [0.2, 0.25) is 0 Å². The van der Waals surface area contributed by atoms with Gasteiger partial charge in [0.05, 0.1) is 18.2 Å². The Balaban J connectivity index is 0.000001000. The van der Waals surface area contributed by atoms with Gasteiger partial charge in [-0.25, -0.2) is 0 Å². The van der Waals surface area contributed by atoms with E-state index in [1.54, 1.807) is 24.3 Å². The van der Waals surface area contributed by atoms with Gasteiger partial charge >= 0.3 is 0 Å². The number of hydrogen-bond acceptors (Lipinski definition) is 2. The minimum Gasteiger partial charge on any atom is -0.392 e. The molecule has 0 aliphatic carbocycles. The Labute approximate surface area is 90.7 Å². The van der Waals surface area contributed by atoms with Gasteiger partial charge in [0.1, 0.15) is 0 Å². The molecule has 0 aliphatic heterocycles. The zero-order valence-corrected chi connectivity index (χ0v) is 8.83. The maximum Gasteiger partial charge on any atom is 0.0991 e. The molecule has 0 atom stereocenters. The van der Waals surface area contributed by atoms with Crippen LogP contribution in [0.4, 0.5) is 0 Å². The zero-order chi connectivity index (χ0) is 7.40. The van der Waals surface area contributed by atoms with Crippen molar-refractivity contribution in [1.29, 1.82) is 5.26 Å². The number of rotatable bonds is 1. The molecule has 0 aliphatic rings.